The zero-order valence-electron chi connectivity index (χ0n) is 15.4. The molecular formula is C22H18ClN5O. The van der Waals surface area contributed by atoms with Crippen molar-refractivity contribution in [2.45, 2.75) is 6.54 Å². The molecule has 3 aromatic carbocycles. The van der Waals surface area contributed by atoms with E-state index in [4.69, 9.17) is 17.3 Å². The number of nitrogens with one attached hydrogen (secondary N) is 2. The average molecular weight is 404 g/mol. The predicted octanol–water partition coefficient (Wildman–Crippen LogP) is 4.74. The molecule has 4 N–H and O–H groups in total. The Labute approximate surface area is 172 Å². The summed E-state index contributed by atoms with van der Waals surface area (Å²) >= 11 is 6.26. The van der Waals surface area contributed by atoms with E-state index in [1.165, 1.54) is 0 Å². The van der Waals surface area contributed by atoms with Gasteiger partial charge in [-0.05, 0) is 48.0 Å². The maximum Gasteiger partial charge on any atom is 0.248 e. The van der Waals surface area contributed by atoms with Crippen LogP contribution in [0, 0.1) is 0 Å². The molecule has 0 saturated heterocycles. The second-order valence-corrected chi connectivity index (χ2v) is 6.83. The molecule has 144 valence electrons. The van der Waals surface area contributed by atoms with Gasteiger partial charge in [0.1, 0.15) is 5.82 Å². The summed E-state index contributed by atoms with van der Waals surface area (Å²) < 4.78 is 0. The SMILES string of the molecule is NC(=O)c1ccc(Nc2nc(NCc3ccccc3Cl)c3ccccc3n2)cc1. The minimum Gasteiger partial charge on any atom is -0.366 e. The van der Waals surface area contributed by atoms with E-state index in [-0.39, 0.29) is 0 Å². The van der Waals surface area contributed by atoms with Crippen LogP contribution in [0.4, 0.5) is 17.5 Å². The molecule has 1 aromatic heterocycles. The third-order valence-electron chi connectivity index (χ3n) is 4.43. The molecule has 0 saturated carbocycles. The number of benzene rings is 3. The predicted molar refractivity (Wildman–Crippen MR) is 117 cm³/mol. The average Bonchev–Trinajstić information content (AvgIpc) is 2.73. The number of carbonyl (C=O) groups is 1. The number of fused-ring (bicyclic) bond motifs is 1. The molecular weight excluding hydrogens is 386 g/mol. The number of hydrogen-bond donors (Lipinski definition) is 3. The molecule has 0 bridgehead atoms. The fourth-order valence-electron chi connectivity index (χ4n) is 2.93. The van der Waals surface area contributed by atoms with Crippen molar-refractivity contribution in [2.75, 3.05) is 10.6 Å². The largest absolute Gasteiger partial charge is 0.366 e. The Morgan fingerprint density at radius 2 is 1.66 bits per heavy atom. The van der Waals surface area contributed by atoms with Crippen molar-refractivity contribution in [3.05, 3.63) is 88.9 Å². The number of para-hydroxylation sites is 1. The lowest BCUT2D eigenvalue weighted by Gasteiger charge is -2.12. The maximum absolute atomic E-state index is 11.2. The monoisotopic (exact) mass is 403 g/mol. The van der Waals surface area contributed by atoms with Gasteiger partial charge in [-0.15, -0.1) is 0 Å². The Morgan fingerprint density at radius 1 is 0.931 bits per heavy atom. The highest BCUT2D eigenvalue weighted by atomic mass is 35.5. The number of carbonyl (C=O) groups excluding carboxylic acids is 1. The molecule has 0 atom stereocenters. The Hall–Kier alpha value is -3.64. The van der Waals surface area contributed by atoms with E-state index in [0.717, 1.165) is 22.2 Å². The van der Waals surface area contributed by atoms with Gasteiger partial charge in [-0.25, -0.2) is 4.98 Å². The Kier molecular flexibility index (Phi) is 5.27. The van der Waals surface area contributed by atoms with Crippen LogP contribution in [0.2, 0.25) is 5.02 Å². The van der Waals surface area contributed by atoms with Crippen molar-refractivity contribution in [2.24, 2.45) is 5.73 Å². The first-order valence-corrected chi connectivity index (χ1v) is 9.39. The van der Waals surface area contributed by atoms with E-state index in [1.807, 2.05) is 48.5 Å². The molecule has 0 aliphatic carbocycles. The van der Waals surface area contributed by atoms with Crippen LogP contribution in [-0.4, -0.2) is 15.9 Å². The molecule has 0 unspecified atom stereocenters. The van der Waals surface area contributed by atoms with Crippen LogP contribution < -0.4 is 16.4 Å². The molecule has 0 aliphatic rings. The van der Waals surface area contributed by atoms with Gasteiger partial charge in [0.2, 0.25) is 11.9 Å². The number of aromatic nitrogens is 2. The van der Waals surface area contributed by atoms with Crippen molar-refractivity contribution in [3.63, 3.8) is 0 Å². The normalized spacial score (nSPS) is 10.7. The second-order valence-electron chi connectivity index (χ2n) is 6.42. The van der Waals surface area contributed by atoms with Gasteiger partial charge in [0.05, 0.1) is 5.52 Å². The molecule has 29 heavy (non-hydrogen) atoms. The first-order valence-electron chi connectivity index (χ1n) is 9.01. The number of rotatable bonds is 6. The molecule has 7 heteroatoms. The molecule has 4 rings (SSSR count). The molecule has 6 nitrogen and oxygen atoms in total. The third kappa shape index (κ3) is 4.28. The second kappa shape index (κ2) is 8.16. The zero-order valence-corrected chi connectivity index (χ0v) is 16.1. The van der Waals surface area contributed by atoms with Crippen LogP contribution in [0.1, 0.15) is 15.9 Å². The molecule has 0 radical (unpaired) electrons. The smallest absolute Gasteiger partial charge is 0.248 e. The summed E-state index contributed by atoms with van der Waals surface area (Å²) in [5.74, 6) is 0.675. The molecule has 4 aromatic rings. The lowest BCUT2D eigenvalue weighted by molar-refractivity contribution is 0.100. The van der Waals surface area contributed by atoms with E-state index in [1.54, 1.807) is 24.3 Å². The third-order valence-corrected chi connectivity index (χ3v) is 4.80. The fraction of sp³-hybridized carbons (Fsp3) is 0.0455. The number of amides is 1. The van der Waals surface area contributed by atoms with E-state index in [9.17, 15) is 4.79 Å². The summed E-state index contributed by atoms with van der Waals surface area (Å²) in [6.07, 6.45) is 0. The summed E-state index contributed by atoms with van der Waals surface area (Å²) in [7, 11) is 0. The van der Waals surface area contributed by atoms with Gasteiger partial charge in [0.25, 0.3) is 0 Å². The zero-order chi connectivity index (χ0) is 20.2. The van der Waals surface area contributed by atoms with Crippen LogP contribution >= 0.6 is 11.6 Å². The lowest BCUT2D eigenvalue weighted by atomic mass is 10.2. The standard InChI is InChI=1S/C22H18ClN5O/c23-18-7-3-1-5-15(18)13-25-21-17-6-2-4-8-19(17)27-22(28-21)26-16-11-9-14(10-12-16)20(24)29/h1-12H,13H2,(H2,24,29)(H2,25,26,27,28). The quantitative estimate of drug-likeness (QED) is 0.432. The van der Waals surface area contributed by atoms with E-state index in [2.05, 4.69) is 20.6 Å². The van der Waals surface area contributed by atoms with Crippen molar-refractivity contribution >= 4 is 45.9 Å². The minimum absolute atomic E-state index is 0.442. The highest BCUT2D eigenvalue weighted by molar-refractivity contribution is 6.31. The molecule has 0 aliphatic heterocycles. The Morgan fingerprint density at radius 3 is 2.41 bits per heavy atom. The first kappa shape index (κ1) is 18.7. The van der Waals surface area contributed by atoms with Gasteiger partial charge in [-0.3, -0.25) is 4.79 Å². The summed E-state index contributed by atoms with van der Waals surface area (Å²) in [6, 6.07) is 22.3. The van der Waals surface area contributed by atoms with Gasteiger partial charge >= 0.3 is 0 Å². The van der Waals surface area contributed by atoms with Gasteiger partial charge in [0, 0.05) is 28.2 Å². The van der Waals surface area contributed by atoms with Crippen molar-refractivity contribution in [1.29, 1.82) is 0 Å². The fourth-order valence-corrected chi connectivity index (χ4v) is 3.14. The Bertz CT molecular complexity index is 1180. The molecule has 1 heterocycles. The highest BCUT2D eigenvalue weighted by Gasteiger charge is 2.09. The van der Waals surface area contributed by atoms with E-state index in [0.29, 0.717) is 28.9 Å². The van der Waals surface area contributed by atoms with E-state index >= 15 is 0 Å². The maximum atomic E-state index is 11.2. The Balaban J connectivity index is 1.63. The van der Waals surface area contributed by atoms with E-state index < -0.39 is 5.91 Å². The van der Waals surface area contributed by atoms with Gasteiger partial charge in [-0.2, -0.15) is 4.98 Å². The van der Waals surface area contributed by atoms with Gasteiger partial charge in [-0.1, -0.05) is 41.9 Å². The first-order chi connectivity index (χ1) is 14.1. The summed E-state index contributed by atoms with van der Waals surface area (Å²) in [5.41, 5.74) is 8.27. The van der Waals surface area contributed by atoms with Crippen molar-refractivity contribution in [1.82, 2.24) is 9.97 Å². The number of hydrogen-bond acceptors (Lipinski definition) is 5. The van der Waals surface area contributed by atoms with Crippen LogP contribution in [0.15, 0.2) is 72.8 Å². The topological polar surface area (TPSA) is 92.9 Å². The number of nitrogens with zero attached hydrogens (tertiary/aromatic N) is 2. The van der Waals surface area contributed by atoms with Crippen LogP contribution in [0.5, 0.6) is 0 Å². The summed E-state index contributed by atoms with van der Waals surface area (Å²) in [5, 5.41) is 8.14. The molecule has 0 fully saturated rings. The minimum atomic E-state index is -0.468. The number of anilines is 3. The number of nitrogens with two attached hydrogens (primary N) is 1. The van der Waals surface area contributed by atoms with Crippen molar-refractivity contribution < 1.29 is 4.79 Å². The summed E-state index contributed by atoms with van der Waals surface area (Å²) in [6.45, 7) is 0.535. The van der Waals surface area contributed by atoms with Crippen LogP contribution in [0.3, 0.4) is 0 Å². The van der Waals surface area contributed by atoms with Crippen LogP contribution in [-0.2, 0) is 6.54 Å². The number of halogens is 1. The highest BCUT2D eigenvalue weighted by Crippen LogP contribution is 2.25. The lowest BCUT2D eigenvalue weighted by Crippen LogP contribution is -2.10. The molecule has 1 amide bonds. The summed E-state index contributed by atoms with van der Waals surface area (Å²) in [4.78, 5) is 20.4. The van der Waals surface area contributed by atoms with Gasteiger partial charge in [0.15, 0.2) is 0 Å². The van der Waals surface area contributed by atoms with Crippen LogP contribution in [0.25, 0.3) is 10.9 Å². The number of primary amides is 1. The van der Waals surface area contributed by atoms with Gasteiger partial charge < -0.3 is 16.4 Å². The van der Waals surface area contributed by atoms with Crippen molar-refractivity contribution in [3.8, 4) is 0 Å². The molecule has 0 spiro atoms.